The number of likely N-dealkylation sites (tertiary alicyclic amines) is 1. The van der Waals surface area contributed by atoms with E-state index in [1.54, 1.807) is 14.2 Å². The fourth-order valence-electron chi connectivity index (χ4n) is 5.52. The number of halogens is 1. The molecule has 0 saturated carbocycles. The molecule has 3 aromatic rings. The number of nitrogens with zero attached hydrogens (tertiary/aromatic N) is 2. The average molecular weight is 493 g/mol. The number of methoxy groups -OCH3 is 2. The minimum atomic E-state index is -0.414. The van der Waals surface area contributed by atoms with Gasteiger partial charge in [-0.25, -0.2) is 9.37 Å². The molecule has 4 heterocycles. The van der Waals surface area contributed by atoms with Gasteiger partial charge in [0.15, 0.2) is 11.5 Å². The molecule has 0 atom stereocenters. The summed E-state index contributed by atoms with van der Waals surface area (Å²) in [6.45, 7) is 5.16. The van der Waals surface area contributed by atoms with Crippen LogP contribution in [0, 0.1) is 11.2 Å². The van der Waals surface area contributed by atoms with Crippen LogP contribution < -0.4 is 18.9 Å². The van der Waals surface area contributed by atoms with Gasteiger partial charge >= 0.3 is 0 Å². The molecule has 0 unspecified atom stereocenters. The van der Waals surface area contributed by atoms with Crippen LogP contribution in [0.5, 0.6) is 23.1 Å². The van der Waals surface area contributed by atoms with Crippen LogP contribution in [0.2, 0.25) is 0 Å². The van der Waals surface area contributed by atoms with Gasteiger partial charge in [-0.05, 0) is 36.2 Å². The molecule has 8 heteroatoms. The lowest BCUT2D eigenvalue weighted by atomic mass is 9.79. The minimum Gasteiger partial charge on any atom is -0.495 e. The largest absolute Gasteiger partial charge is 0.495 e. The highest BCUT2D eigenvalue weighted by molar-refractivity contribution is 5.82. The normalized spacial score (nSPS) is 18.2. The molecule has 2 saturated heterocycles. The number of fused-ring (bicyclic) bond motifs is 1. The first-order chi connectivity index (χ1) is 17.6. The van der Waals surface area contributed by atoms with E-state index in [4.69, 9.17) is 23.7 Å². The molecular weight excluding hydrogens is 463 g/mol. The maximum Gasteiger partial charge on any atom is 0.218 e. The summed E-state index contributed by atoms with van der Waals surface area (Å²) in [5, 5.41) is 0. The van der Waals surface area contributed by atoms with Crippen molar-refractivity contribution in [2.75, 3.05) is 53.7 Å². The molecule has 2 aromatic carbocycles. The van der Waals surface area contributed by atoms with Crippen molar-refractivity contribution < 1.29 is 28.1 Å². The van der Waals surface area contributed by atoms with Gasteiger partial charge in [0.2, 0.25) is 5.88 Å². The van der Waals surface area contributed by atoms with Gasteiger partial charge in [-0.3, -0.25) is 4.90 Å². The number of para-hydroxylation sites is 1. The molecule has 7 nitrogen and oxygen atoms in total. The summed E-state index contributed by atoms with van der Waals surface area (Å²) in [5.74, 6) is 1.92. The number of rotatable bonds is 6. The number of benzene rings is 2. The summed E-state index contributed by atoms with van der Waals surface area (Å²) < 4.78 is 43.9. The summed E-state index contributed by atoms with van der Waals surface area (Å²) >= 11 is 0. The van der Waals surface area contributed by atoms with Crippen molar-refractivity contribution in [2.45, 2.75) is 13.0 Å². The SMILES string of the molecule is COc1nc(-c2cccc(-c3ccc4c(c3)OCCO4)c2OC)c(F)cc1CN1CC2(CCOC2)C1. The highest BCUT2D eigenvalue weighted by Gasteiger charge is 2.45. The second-order valence-electron chi connectivity index (χ2n) is 9.68. The van der Waals surface area contributed by atoms with Gasteiger partial charge in [-0.15, -0.1) is 0 Å². The topological polar surface area (TPSA) is 62.3 Å². The van der Waals surface area contributed by atoms with Gasteiger partial charge in [0.1, 0.15) is 30.5 Å². The van der Waals surface area contributed by atoms with Crippen LogP contribution in [0.4, 0.5) is 4.39 Å². The maximum atomic E-state index is 15.5. The summed E-state index contributed by atoms with van der Waals surface area (Å²) in [7, 11) is 3.15. The molecule has 2 fully saturated rings. The lowest BCUT2D eigenvalue weighted by Crippen LogP contribution is -2.56. The van der Waals surface area contributed by atoms with E-state index in [0.29, 0.717) is 48.5 Å². The average Bonchev–Trinajstić information content (AvgIpc) is 3.38. The van der Waals surface area contributed by atoms with Crippen LogP contribution >= 0.6 is 0 Å². The molecule has 3 aliphatic heterocycles. The fourth-order valence-corrected chi connectivity index (χ4v) is 5.52. The summed E-state index contributed by atoms with van der Waals surface area (Å²) in [6, 6.07) is 12.9. The van der Waals surface area contributed by atoms with Crippen LogP contribution in [0.3, 0.4) is 0 Å². The summed E-state index contributed by atoms with van der Waals surface area (Å²) in [4.78, 5) is 6.89. The van der Waals surface area contributed by atoms with Crippen LogP contribution in [-0.4, -0.2) is 63.6 Å². The zero-order valence-corrected chi connectivity index (χ0v) is 20.5. The van der Waals surface area contributed by atoms with E-state index in [2.05, 4.69) is 9.88 Å². The summed E-state index contributed by atoms with van der Waals surface area (Å²) in [5.41, 5.74) is 3.43. The van der Waals surface area contributed by atoms with E-state index >= 15 is 4.39 Å². The zero-order valence-electron chi connectivity index (χ0n) is 20.5. The third kappa shape index (κ3) is 4.04. The molecule has 0 aliphatic carbocycles. The molecule has 3 aliphatic rings. The number of hydrogen-bond acceptors (Lipinski definition) is 7. The van der Waals surface area contributed by atoms with E-state index in [0.717, 1.165) is 49.4 Å². The first-order valence-electron chi connectivity index (χ1n) is 12.2. The molecular formula is C28H29FN2O5. The van der Waals surface area contributed by atoms with Crippen molar-refractivity contribution in [3.8, 4) is 45.5 Å². The van der Waals surface area contributed by atoms with Crippen molar-refractivity contribution in [1.82, 2.24) is 9.88 Å². The molecule has 0 radical (unpaired) electrons. The van der Waals surface area contributed by atoms with Gasteiger partial charge in [0.05, 0.1) is 20.8 Å². The van der Waals surface area contributed by atoms with Crippen molar-refractivity contribution in [1.29, 1.82) is 0 Å². The van der Waals surface area contributed by atoms with Crippen molar-refractivity contribution in [3.05, 3.63) is 53.8 Å². The quantitative estimate of drug-likeness (QED) is 0.500. The Labute approximate surface area is 209 Å². The van der Waals surface area contributed by atoms with E-state index in [-0.39, 0.29) is 11.1 Å². The van der Waals surface area contributed by atoms with Crippen LogP contribution in [0.1, 0.15) is 12.0 Å². The lowest BCUT2D eigenvalue weighted by molar-refractivity contribution is -0.0128. The van der Waals surface area contributed by atoms with E-state index < -0.39 is 5.82 Å². The lowest BCUT2D eigenvalue weighted by Gasteiger charge is -2.47. The second-order valence-corrected chi connectivity index (χ2v) is 9.68. The van der Waals surface area contributed by atoms with Crippen molar-refractivity contribution in [2.24, 2.45) is 5.41 Å². The van der Waals surface area contributed by atoms with Crippen LogP contribution in [0.25, 0.3) is 22.4 Å². The Balaban J connectivity index is 1.32. The van der Waals surface area contributed by atoms with Crippen molar-refractivity contribution >= 4 is 0 Å². The molecule has 1 spiro atoms. The van der Waals surface area contributed by atoms with Gasteiger partial charge < -0.3 is 23.7 Å². The molecule has 188 valence electrons. The van der Waals surface area contributed by atoms with Crippen LogP contribution in [-0.2, 0) is 11.3 Å². The Morgan fingerprint density at radius 2 is 1.78 bits per heavy atom. The standard InChI is InChI=1S/C28H29FN2O5/c1-32-26-20(18-6-7-23-24(13-18)36-11-10-35-23)4-3-5-21(26)25-22(29)12-19(27(30-25)33-2)14-31-15-28(16-31)8-9-34-17-28/h3-7,12-13H,8-11,14-17H2,1-2H3. The molecule has 0 amide bonds. The monoisotopic (exact) mass is 492 g/mol. The van der Waals surface area contributed by atoms with Crippen molar-refractivity contribution in [3.63, 3.8) is 0 Å². The molecule has 0 N–H and O–H groups in total. The minimum absolute atomic E-state index is 0.191. The van der Waals surface area contributed by atoms with Gasteiger partial charge in [-0.1, -0.05) is 18.2 Å². The number of ether oxygens (including phenoxy) is 5. The van der Waals surface area contributed by atoms with Gasteiger partial charge in [0, 0.05) is 48.3 Å². The Morgan fingerprint density at radius 1 is 0.972 bits per heavy atom. The molecule has 36 heavy (non-hydrogen) atoms. The number of hydrogen-bond donors (Lipinski definition) is 0. The third-order valence-electron chi connectivity index (χ3n) is 7.23. The number of aromatic nitrogens is 1. The first-order valence-corrected chi connectivity index (χ1v) is 12.2. The molecule has 0 bridgehead atoms. The zero-order chi connectivity index (χ0) is 24.7. The highest BCUT2D eigenvalue weighted by atomic mass is 19.1. The Morgan fingerprint density at radius 3 is 2.53 bits per heavy atom. The smallest absolute Gasteiger partial charge is 0.218 e. The van der Waals surface area contributed by atoms with E-state index in [1.807, 2.05) is 36.4 Å². The Kier molecular flexibility index (Phi) is 5.93. The maximum absolute atomic E-state index is 15.5. The van der Waals surface area contributed by atoms with Crippen LogP contribution in [0.15, 0.2) is 42.5 Å². The van der Waals surface area contributed by atoms with Gasteiger partial charge in [0.25, 0.3) is 0 Å². The Bertz CT molecular complexity index is 1280. The van der Waals surface area contributed by atoms with E-state index in [1.165, 1.54) is 6.07 Å². The number of pyridine rings is 1. The predicted molar refractivity (Wildman–Crippen MR) is 132 cm³/mol. The van der Waals surface area contributed by atoms with Gasteiger partial charge in [-0.2, -0.15) is 0 Å². The molecule has 1 aromatic heterocycles. The fraction of sp³-hybridized carbons (Fsp3) is 0.393. The highest BCUT2D eigenvalue weighted by Crippen LogP contribution is 2.43. The third-order valence-corrected chi connectivity index (χ3v) is 7.23. The Hall–Kier alpha value is -3.36. The first kappa shape index (κ1) is 23.1. The van der Waals surface area contributed by atoms with E-state index in [9.17, 15) is 0 Å². The molecule has 6 rings (SSSR count). The second kappa shape index (κ2) is 9.26. The summed E-state index contributed by atoms with van der Waals surface area (Å²) in [6.07, 6.45) is 1.09. The predicted octanol–water partition coefficient (Wildman–Crippen LogP) is 4.57.